The van der Waals surface area contributed by atoms with Gasteiger partial charge < -0.3 is 34.6 Å². The number of ether oxygens (including phenoxy) is 3. The molecule has 0 aromatic heterocycles. The van der Waals surface area contributed by atoms with Crippen molar-refractivity contribution in [2.24, 2.45) is 0 Å². The normalized spacial score (nSPS) is 17.7. The minimum absolute atomic E-state index is 0.0409. The molecule has 1 fully saturated rings. The zero-order valence-corrected chi connectivity index (χ0v) is 26.7. The standard InChI is InChI=1S/C36H46N4O5/c1-39(2)35(41)24-40-19-6-9-27-11-12-28(22-33(27)40)36(42)38-32-23-37-18-17-31(32)26-13-15-30(16-14-26)45-21-7-20-44-25-29-8-4-5-10-34(29)43-3/h4-5,8,10-16,22,31-32,37H,6-7,9,17-21,23-25H2,1-3H3,(H,38,42). The van der Waals surface area contributed by atoms with Crippen LogP contribution in [0.25, 0.3) is 0 Å². The Balaban J connectivity index is 1.13. The Morgan fingerprint density at radius 2 is 1.87 bits per heavy atom. The van der Waals surface area contributed by atoms with Gasteiger partial charge in [-0.25, -0.2) is 0 Å². The molecule has 9 heteroatoms. The summed E-state index contributed by atoms with van der Waals surface area (Å²) in [5.41, 5.74) is 5.02. The van der Waals surface area contributed by atoms with Gasteiger partial charge in [0.2, 0.25) is 5.91 Å². The molecule has 3 aromatic carbocycles. The summed E-state index contributed by atoms with van der Waals surface area (Å²) in [4.78, 5) is 29.6. The van der Waals surface area contributed by atoms with E-state index in [9.17, 15) is 9.59 Å². The molecule has 0 spiro atoms. The van der Waals surface area contributed by atoms with E-state index in [-0.39, 0.29) is 23.8 Å². The average Bonchev–Trinajstić information content (AvgIpc) is 3.07. The third-order valence-corrected chi connectivity index (χ3v) is 8.65. The molecule has 2 N–H and O–H groups in total. The minimum Gasteiger partial charge on any atom is -0.496 e. The first kappa shape index (κ1) is 32.3. The van der Waals surface area contributed by atoms with E-state index < -0.39 is 0 Å². The molecule has 2 amide bonds. The van der Waals surface area contributed by atoms with Gasteiger partial charge in [0, 0.05) is 62.4 Å². The van der Waals surface area contributed by atoms with Gasteiger partial charge in [0.25, 0.3) is 5.91 Å². The number of para-hydroxylation sites is 1. The number of hydrogen-bond donors (Lipinski definition) is 2. The topological polar surface area (TPSA) is 92.4 Å². The van der Waals surface area contributed by atoms with Crippen molar-refractivity contribution in [1.29, 1.82) is 0 Å². The van der Waals surface area contributed by atoms with E-state index in [4.69, 9.17) is 14.2 Å². The maximum atomic E-state index is 13.5. The number of carbonyl (C=O) groups excluding carboxylic acids is 2. The van der Waals surface area contributed by atoms with Gasteiger partial charge in [-0.3, -0.25) is 9.59 Å². The monoisotopic (exact) mass is 614 g/mol. The van der Waals surface area contributed by atoms with Crippen LogP contribution < -0.4 is 25.0 Å². The van der Waals surface area contributed by atoms with Crippen LogP contribution in [0.15, 0.2) is 66.7 Å². The van der Waals surface area contributed by atoms with Crippen LogP contribution in [0.5, 0.6) is 11.5 Å². The Bertz CT molecular complexity index is 1430. The molecular weight excluding hydrogens is 568 g/mol. The first-order chi connectivity index (χ1) is 21.9. The number of amides is 2. The summed E-state index contributed by atoms with van der Waals surface area (Å²) in [5.74, 6) is 1.82. The number of nitrogens with zero attached hydrogens (tertiary/aromatic N) is 2. The van der Waals surface area contributed by atoms with E-state index >= 15 is 0 Å². The predicted octanol–water partition coefficient (Wildman–Crippen LogP) is 4.40. The van der Waals surface area contributed by atoms with Crippen molar-refractivity contribution in [2.45, 2.75) is 44.2 Å². The van der Waals surface area contributed by atoms with Gasteiger partial charge in [0.05, 0.1) is 33.5 Å². The van der Waals surface area contributed by atoms with Crippen LogP contribution in [-0.2, 0) is 22.6 Å². The van der Waals surface area contributed by atoms with Crippen LogP contribution in [0.1, 0.15) is 52.2 Å². The van der Waals surface area contributed by atoms with Crippen LogP contribution in [0, 0.1) is 0 Å². The molecule has 2 aliphatic rings. The van der Waals surface area contributed by atoms with Crippen LogP contribution in [-0.4, -0.2) is 83.4 Å². The van der Waals surface area contributed by atoms with E-state index in [1.807, 2.05) is 54.6 Å². The molecule has 240 valence electrons. The Morgan fingerprint density at radius 1 is 1.04 bits per heavy atom. The van der Waals surface area contributed by atoms with Gasteiger partial charge in [0.1, 0.15) is 11.5 Å². The molecule has 9 nitrogen and oxygen atoms in total. The lowest BCUT2D eigenvalue weighted by molar-refractivity contribution is -0.127. The summed E-state index contributed by atoms with van der Waals surface area (Å²) in [6.45, 7) is 4.41. The predicted molar refractivity (Wildman–Crippen MR) is 176 cm³/mol. The lowest BCUT2D eigenvalue weighted by atomic mass is 9.86. The van der Waals surface area contributed by atoms with Crippen LogP contribution >= 0.6 is 0 Å². The number of anilines is 1. The molecule has 3 aromatic rings. The average molecular weight is 615 g/mol. The molecule has 0 bridgehead atoms. The number of benzene rings is 3. The molecule has 0 saturated carbocycles. The van der Waals surface area contributed by atoms with Gasteiger partial charge in [-0.15, -0.1) is 0 Å². The quantitative estimate of drug-likeness (QED) is 0.276. The summed E-state index contributed by atoms with van der Waals surface area (Å²) in [6.07, 6.45) is 3.67. The first-order valence-corrected chi connectivity index (χ1v) is 15.9. The van der Waals surface area contributed by atoms with Crippen molar-refractivity contribution in [2.75, 3.05) is 65.5 Å². The minimum atomic E-state index is -0.0890. The maximum absolute atomic E-state index is 13.5. The van der Waals surface area contributed by atoms with Crippen LogP contribution in [0.3, 0.4) is 0 Å². The zero-order chi connectivity index (χ0) is 31.6. The molecule has 1 saturated heterocycles. The summed E-state index contributed by atoms with van der Waals surface area (Å²) in [5, 5.41) is 6.75. The Labute approximate surface area is 266 Å². The van der Waals surface area contributed by atoms with Gasteiger partial charge in [0.15, 0.2) is 0 Å². The summed E-state index contributed by atoms with van der Waals surface area (Å²) in [7, 11) is 5.21. The number of hydrogen-bond acceptors (Lipinski definition) is 7. The largest absolute Gasteiger partial charge is 0.496 e. The van der Waals surface area contributed by atoms with Crippen molar-refractivity contribution in [3.05, 3.63) is 89.0 Å². The molecular formula is C36H46N4O5. The highest BCUT2D eigenvalue weighted by atomic mass is 16.5. The third-order valence-electron chi connectivity index (χ3n) is 8.65. The van der Waals surface area contributed by atoms with Gasteiger partial charge in [-0.05, 0) is 67.3 Å². The van der Waals surface area contributed by atoms with E-state index in [0.717, 1.165) is 61.5 Å². The second-order valence-corrected chi connectivity index (χ2v) is 12.0. The molecule has 2 heterocycles. The summed E-state index contributed by atoms with van der Waals surface area (Å²) >= 11 is 0. The first-order valence-electron chi connectivity index (χ1n) is 15.9. The van der Waals surface area contributed by atoms with Crippen molar-refractivity contribution < 1.29 is 23.8 Å². The fourth-order valence-corrected chi connectivity index (χ4v) is 6.09. The highest BCUT2D eigenvalue weighted by Gasteiger charge is 2.29. The van der Waals surface area contributed by atoms with Gasteiger partial charge in [-0.2, -0.15) is 0 Å². The highest BCUT2D eigenvalue weighted by Crippen LogP contribution is 2.30. The van der Waals surface area contributed by atoms with Gasteiger partial charge in [-0.1, -0.05) is 36.4 Å². The molecule has 2 atom stereocenters. The highest BCUT2D eigenvalue weighted by molar-refractivity contribution is 5.96. The van der Waals surface area contributed by atoms with Gasteiger partial charge >= 0.3 is 0 Å². The summed E-state index contributed by atoms with van der Waals surface area (Å²) in [6, 6.07) is 22.0. The lowest BCUT2D eigenvalue weighted by Crippen LogP contribution is -2.50. The van der Waals surface area contributed by atoms with Crippen LogP contribution in [0.4, 0.5) is 5.69 Å². The van der Waals surface area contributed by atoms with Crippen molar-refractivity contribution >= 4 is 17.5 Å². The molecule has 0 aliphatic carbocycles. The van der Waals surface area contributed by atoms with Crippen molar-refractivity contribution in [1.82, 2.24) is 15.5 Å². The number of piperidine rings is 1. The van der Waals surface area contributed by atoms with E-state index in [1.165, 1.54) is 11.1 Å². The number of fused-ring (bicyclic) bond motifs is 1. The van der Waals surface area contributed by atoms with Crippen LogP contribution in [0.2, 0.25) is 0 Å². The SMILES string of the molecule is COc1ccccc1COCCCOc1ccc(C2CCNCC2NC(=O)c2ccc3c(c2)N(CC(=O)N(C)C)CCC3)cc1. The fourth-order valence-electron chi connectivity index (χ4n) is 6.09. The Morgan fingerprint density at radius 3 is 2.67 bits per heavy atom. The van der Waals surface area contributed by atoms with Crippen molar-refractivity contribution in [3.8, 4) is 11.5 Å². The smallest absolute Gasteiger partial charge is 0.251 e. The second kappa shape index (κ2) is 15.8. The molecule has 0 radical (unpaired) electrons. The number of likely N-dealkylation sites (N-methyl/N-ethyl adjacent to an activating group) is 1. The molecule has 2 unspecified atom stereocenters. The van der Waals surface area contributed by atoms with Crippen molar-refractivity contribution in [3.63, 3.8) is 0 Å². The number of carbonyl (C=O) groups is 2. The zero-order valence-electron chi connectivity index (χ0n) is 26.7. The lowest BCUT2D eigenvalue weighted by Gasteiger charge is -2.34. The van der Waals surface area contributed by atoms with E-state index in [0.29, 0.717) is 38.5 Å². The number of rotatable bonds is 13. The van der Waals surface area contributed by atoms with E-state index in [1.54, 1.807) is 26.1 Å². The number of methoxy groups -OCH3 is 1. The number of nitrogens with one attached hydrogen (secondary N) is 2. The second-order valence-electron chi connectivity index (χ2n) is 12.0. The molecule has 5 rings (SSSR count). The molecule has 45 heavy (non-hydrogen) atoms. The summed E-state index contributed by atoms with van der Waals surface area (Å²) < 4.78 is 17.2. The van der Waals surface area contributed by atoms with E-state index in [2.05, 4.69) is 27.7 Å². The number of aryl methyl sites for hydroxylation is 1. The maximum Gasteiger partial charge on any atom is 0.251 e. The Hall–Kier alpha value is -4.08. The fraction of sp³-hybridized carbons (Fsp3) is 0.444. The molecule has 2 aliphatic heterocycles. The Kier molecular flexibility index (Phi) is 11.3. The third kappa shape index (κ3) is 8.55.